The predicted octanol–water partition coefficient (Wildman–Crippen LogP) is 10.3. The summed E-state index contributed by atoms with van der Waals surface area (Å²) in [6, 6.07) is 44.3. The SMILES string of the molecule is c1ccc(-c2ccc3c4c(sc3c2)CCC2=C4NC(c3ccc(-n4c5ccccc5c5ccccc54)cc3)S2)cc1. The Morgan fingerprint density at radius 3 is 2.10 bits per heavy atom. The number of nitrogens with zero attached hydrogens (tertiary/aromatic N) is 1. The van der Waals surface area contributed by atoms with Gasteiger partial charge in [-0.2, -0.15) is 0 Å². The van der Waals surface area contributed by atoms with Crippen molar-refractivity contribution in [2.24, 2.45) is 0 Å². The molecular weight excluding hydrogens is 537 g/mol. The Kier molecular flexibility index (Phi) is 5.22. The van der Waals surface area contributed by atoms with E-state index in [9.17, 15) is 0 Å². The van der Waals surface area contributed by atoms with Gasteiger partial charge in [-0.05, 0) is 59.9 Å². The fourth-order valence-electron chi connectivity index (χ4n) is 6.62. The molecule has 0 bridgehead atoms. The van der Waals surface area contributed by atoms with E-state index in [4.69, 9.17) is 0 Å². The van der Waals surface area contributed by atoms with Crippen molar-refractivity contribution in [1.29, 1.82) is 0 Å². The molecule has 5 aromatic carbocycles. The molecule has 2 aliphatic rings. The lowest BCUT2D eigenvalue weighted by atomic mass is 9.97. The van der Waals surface area contributed by atoms with Crippen molar-refractivity contribution in [3.8, 4) is 16.8 Å². The standard InChI is InChI=1S/C37H26N2S2/c1-2-8-23(9-3-1)25-16-19-29-34(22-25)40-32-20-21-33-36(35(29)32)38-37(41-33)24-14-17-26(18-15-24)39-30-12-6-4-10-27(30)28-11-5-7-13-31(28)39/h1-19,22,37-38H,20-21H2. The van der Waals surface area contributed by atoms with Gasteiger partial charge in [-0.25, -0.2) is 0 Å². The minimum Gasteiger partial charge on any atom is -0.368 e. The van der Waals surface area contributed by atoms with Crippen LogP contribution in [0, 0.1) is 0 Å². The Morgan fingerprint density at radius 2 is 1.34 bits per heavy atom. The predicted molar refractivity (Wildman–Crippen MR) is 177 cm³/mol. The van der Waals surface area contributed by atoms with Crippen molar-refractivity contribution in [3.05, 3.63) is 142 Å². The first-order valence-corrected chi connectivity index (χ1v) is 15.9. The van der Waals surface area contributed by atoms with E-state index < -0.39 is 0 Å². The van der Waals surface area contributed by atoms with Crippen LogP contribution in [0.4, 0.5) is 0 Å². The number of hydrogen-bond acceptors (Lipinski definition) is 3. The second-order valence-electron chi connectivity index (χ2n) is 10.9. The molecule has 1 N–H and O–H groups in total. The third kappa shape index (κ3) is 3.64. The zero-order valence-electron chi connectivity index (χ0n) is 22.3. The smallest absolute Gasteiger partial charge is 0.102 e. The number of aromatic nitrogens is 1. The first-order chi connectivity index (χ1) is 20.3. The molecule has 9 rings (SSSR count). The van der Waals surface area contributed by atoms with Crippen molar-refractivity contribution >= 4 is 60.7 Å². The highest BCUT2D eigenvalue weighted by molar-refractivity contribution is 8.03. The molecular formula is C37H26N2S2. The van der Waals surface area contributed by atoms with Gasteiger partial charge in [0.15, 0.2) is 0 Å². The number of hydrogen-bond donors (Lipinski definition) is 1. The molecule has 2 nitrogen and oxygen atoms in total. The molecule has 0 saturated carbocycles. The highest BCUT2D eigenvalue weighted by atomic mass is 32.2. The average Bonchev–Trinajstić information content (AvgIpc) is 3.73. The van der Waals surface area contributed by atoms with Crippen molar-refractivity contribution in [3.63, 3.8) is 0 Å². The van der Waals surface area contributed by atoms with Gasteiger partial charge in [-0.3, -0.25) is 0 Å². The maximum Gasteiger partial charge on any atom is 0.102 e. The molecule has 1 atom stereocenters. The summed E-state index contributed by atoms with van der Waals surface area (Å²) in [5.41, 5.74) is 10.4. The summed E-state index contributed by atoms with van der Waals surface area (Å²) in [4.78, 5) is 3.01. The number of benzene rings is 5. The second-order valence-corrected chi connectivity index (χ2v) is 13.2. The molecule has 2 aromatic heterocycles. The summed E-state index contributed by atoms with van der Waals surface area (Å²) >= 11 is 3.97. The minimum atomic E-state index is 0.233. The summed E-state index contributed by atoms with van der Waals surface area (Å²) in [5, 5.41) is 8.16. The highest BCUT2D eigenvalue weighted by Crippen LogP contribution is 2.52. The zero-order chi connectivity index (χ0) is 26.9. The van der Waals surface area contributed by atoms with Crippen molar-refractivity contribution < 1.29 is 0 Å². The number of thioether (sulfide) groups is 1. The van der Waals surface area contributed by atoms with Gasteiger partial charge in [-0.15, -0.1) is 11.3 Å². The van der Waals surface area contributed by atoms with E-state index in [1.54, 1.807) is 0 Å². The number of fused-ring (bicyclic) bond motifs is 7. The summed E-state index contributed by atoms with van der Waals surface area (Å²) < 4.78 is 3.77. The maximum absolute atomic E-state index is 3.95. The molecule has 7 aromatic rings. The number of aryl methyl sites for hydroxylation is 1. The van der Waals surface area contributed by atoms with Crippen LogP contribution in [0.3, 0.4) is 0 Å². The number of rotatable bonds is 3. The van der Waals surface area contributed by atoms with Crippen molar-refractivity contribution in [2.45, 2.75) is 18.2 Å². The molecule has 0 spiro atoms. The lowest BCUT2D eigenvalue weighted by Crippen LogP contribution is -2.13. The van der Waals surface area contributed by atoms with Crippen LogP contribution in [0.5, 0.6) is 0 Å². The molecule has 0 fully saturated rings. The average molecular weight is 563 g/mol. The van der Waals surface area contributed by atoms with Crippen LogP contribution < -0.4 is 5.32 Å². The topological polar surface area (TPSA) is 17.0 Å². The van der Waals surface area contributed by atoms with Crippen LogP contribution in [0.1, 0.15) is 27.8 Å². The van der Waals surface area contributed by atoms with Gasteiger partial charge in [0.1, 0.15) is 5.37 Å². The molecule has 1 aliphatic heterocycles. The van der Waals surface area contributed by atoms with E-state index in [1.165, 1.54) is 75.3 Å². The maximum atomic E-state index is 3.95. The summed E-state index contributed by atoms with van der Waals surface area (Å²) in [5.74, 6) is 0. The number of nitrogens with one attached hydrogen (secondary N) is 1. The van der Waals surface area contributed by atoms with Crippen LogP contribution in [-0.2, 0) is 6.42 Å². The van der Waals surface area contributed by atoms with Crippen LogP contribution in [0.25, 0.3) is 54.4 Å². The Balaban J connectivity index is 1.05. The van der Waals surface area contributed by atoms with E-state index in [0.29, 0.717) is 0 Å². The molecule has 0 radical (unpaired) electrons. The summed E-state index contributed by atoms with van der Waals surface area (Å²) in [7, 11) is 0. The van der Waals surface area contributed by atoms with Crippen LogP contribution >= 0.6 is 23.1 Å². The van der Waals surface area contributed by atoms with Crippen LogP contribution in [-0.4, -0.2) is 4.57 Å². The molecule has 0 saturated heterocycles. The van der Waals surface area contributed by atoms with Gasteiger partial charge >= 0.3 is 0 Å². The lowest BCUT2D eigenvalue weighted by molar-refractivity contribution is 0.869. The van der Waals surface area contributed by atoms with E-state index in [0.717, 1.165) is 12.8 Å². The van der Waals surface area contributed by atoms with E-state index in [-0.39, 0.29) is 5.37 Å². The molecule has 3 heterocycles. The third-order valence-electron chi connectivity index (χ3n) is 8.55. The first-order valence-electron chi connectivity index (χ1n) is 14.2. The quantitative estimate of drug-likeness (QED) is 0.231. The van der Waals surface area contributed by atoms with E-state index in [1.807, 2.05) is 23.1 Å². The largest absolute Gasteiger partial charge is 0.368 e. The van der Waals surface area contributed by atoms with Gasteiger partial charge < -0.3 is 9.88 Å². The van der Waals surface area contributed by atoms with Crippen molar-refractivity contribution in [1.82, 2.24) is 9.88 Å². The number of thiophene rings is 1. The monoisotopic (exact) mass is 562 g/mol. The van der Waals surface area contributed by atoms with Crippen LogP contribution in [0.15, 0.2) is 126 Å². The molecule has 196 valence electrons. The normalized spacial score (nSPS) is 16.3. The minimum absolute atomic E-state index is 0.233. The Hall–Kier alpha value is -4.25. The summed E-state index contributed by atoms with van der Waals surface area (Å²) in [6.07, 6.45) is 2.25. The summed E-state index contributed by atoms with van der Waals surface area (Å²) in [6.45, 7) is 0. The first kappa shape index (κ1) is 23.5. The van der Waals surface area contributed by atoms with E-state index in [2.05, 4.69) is 131 Å². The zero-order valence-corrected chi connectivity index (χ0v) is 23.9. The van der Waals surface area contributed by atoms with Crippen molar-refractivity contribution in [2.75, 3.05) is 0 Å². The highest BCUT2D eigenvalue weighted by Gasteiger charge is 2.32. The molecule has 0 amide bonds. The Morgan fingerprint density at radius 1 is 0.634 bits per heavy atom. The number of para-hydroxylation sites is 2. The fraction of sp³-hybridized carbons (Fsp3) is 0.0811. The Bertz CT molecular complexity index is 2100. The number of allylic oxidation sites excluding steroid dienone is 1. The van der Waals surface area contributed by atoms with Gasteiger partial charge in [0.25, 0.3) is 0 Å². The van der Waals surface area contributed by atoms with Gasteiger partial charge in [0.2, 0.25) is 0 Å². The molecule has 1 unspecified atom stereocenters. The van der Waals surface area contributed by atoms with Crippen LogP contribution in [0.2, 0.25) is 0 Å². The van der Waals surface area contributed by atoms with Gasteiger partial charge in [-0.1, -0.05) is 103 Å². The second kappa shape index (κ2) is 9.13. The molecule has 1 aliphatic carbocycles. The van der Waals surface area contributed by atoms with E-state index >= 15 is 0 Å². The fourth-order valence-corrected chi connectivity index (χ4v) is 9.13. The Labute approximate surface area is 247 Å². The lowest BCUT2D eigenvalue weighted by Gasteiger charge is -2.16. The van der Waals surface area contributed by atoms with Gasteiger partial charge in [0.05, 0.1) is 16.7 Å². The molecule has 4 heteroatoms. The molecule has 41 heavy (non-hydrogen) atoms. The van der Waals surface area contributed by atoms with Gasteiger partial charge in [0, 0.05) is 41.9 Å². The third-order valence-corrected chi connectivity index (χ3v) is 11.1.